The van der Waals surface area contributed by atoms with Crippen molar-refractivity contribution in [2.24, 2.45) is 10.8 Å². The van der Waals surface area contributed by atoms with Crippen LogP contribution in [0.25, 0.3) is 0 Å². The van der Waals surface area contributed by atoms with E-state index in [0.717, 1.165) is 6.61 Å². The second-order valence-electron chi connectivity index (χ2n) is 5.34. The average molecular weight is 184 g/mol. The van der Waals surface area contributed by atoms with Crippen LogP contribution in [-0.4, -0.2) is 6.61 Å². The lowest BCUT2D eigenvalue weighted by Gasteiger charge is -2.33. The van der Waals surface area contributed by atoms with Gasteiger partial charge in [-0.1, -0.05) is 47.6 Å². The number of hydrogen-bond acceptors (Lipinski definition) is 1. The van der Waals surface area contributed by atoms with Crippen LogP contribution in [0.4, 0.5) is 0 Å². The Morgan fingerprint density at radius 2 is 1.69 bits per heavy atom. The Kier molecular flexibility index (Phi) is 4.52. The predicted molar refractivity (Wildman–Crippen MR) is 58.6 cm³/mol. The molecule has 0 aromatic rings. The molecule has 1 nitrogen and oxygen atoms in total. The fourth-order valence-electron chi connectivity index (χ4n) is 1.76. The van der Waals surface area contributed by atoms with Gasteiger partial charge >= 0.3 is 0 Å². The molecule has 0 aliphatic heterocycles. The van der Waals surface area contributed by atoms with E-state index >= 15 is 0 Å². The molecule has 0 amide bonds. The van der Waals surface area contributed by atoms with Crippen molar-refractivity contribution in [3.05, 3.63) is 12.8 Å². The molecule has 0 rings (SSSR count). The molecule has 0 bridgehead atoms. The van der Waals surface area contributed by atoms with E-state index in [1.54, 1.807) is 0 Å². The molecular weight excluding hydrogens is 160 g/mol. The van der Waals surface area contributed by atoms with Crippen LogP contribution in [0, 0.1) is 10.8 Å². The largest absolute Gasteiger partial charge is 0.501 e. The zero-order valence-electron chi connectivity index (χ0n) is 9.81. The molecule has 0 saturated carbocycles. The molecule has 0 aliphatic carbocycles. The van der Waals surface area contributed by atoms with Gasteiger partial charge < -0.3 is 4.74 Å². The Bertz CT molecular complexity index is 157. The van der Waals surface area contributed by atoms with Crippen molar-refractivity contribution in [1.82, 2.24) is 0 Å². The maximum absolute atomic E-state index is 5.25. The quantitative estimate of drug-likeness (QED) is 0.567. The lowest BCUT2D eigenvalue weighted by molar-refractivity contribution is 0.0888. The van der Waals surface area contributed by atoms with Crippen molar-refractivity contribution < 1.29 is 4.74 Å². The van der Waals surface area contributed by atoms with Crippen molar-refractivity contribution in [1.29, 1.82) is 0 Å². The smallest absolute Gasteiger partial charge is 0.0924 e. The molecule has 0 atom stereocenters. The van der Waals surface area contributed by atoms with Gasteiger partial charge in [-0.05, 0) is 17.3 Å². The maximum Gasteiger partial charge on any atom is 0.0924 e. The lowest BCUT2D eigenvalue weighted by Crippen LogP contribution is -2.26. The van der Waals surface area contributed by atoms with E-state index in [9.17, 15) is 0 Å². The standard InChI is InChI=1S/C12H24O/c1-7-11(3,4)9-12(5,6)10-13-8-2/h8H,2,7,9-10H2,1,3-6H3. The van der Waals surface area contributed by atoms with E-state index in [0.29, 0.717) is 5.41 Å². The number of ether oxygens (including phenoxy) is 1. The van der Waals surface area contributed by atoms with Crippen LogP contribution in [0.3, 0.4) is 0 Å². The molecule has 0 N–H and O–H groups in total. The summed E-state index contributed by atoms with van der Waals surface area (Å²) in [6.07, 6.45) is 3.93. The molecule has 0 aromatic heterocycles. The average Bonchev–Trinajstić information content (AvgIpc) is 1.99. The summed E-state index contributed by atoms with van der Waals surface area (Å²) >= 11 is 0. The summed E-state index contributed by atoms with van der Waals surface area (Å²) in [7, 11) is 0. The number of rotatable bonds is 6. The van der Waals surface area contributed by atoms with Crippen molar-refractivity contribution in [2.45, 2.75) is 47.5 Å². The van der Waals surface area contributed by atoms with Crippen LogP contribution in [0.1, 0.15) is 47.5 Å². The first-order valence-electron chi connectivity index (χ1n) is 5.05. The highest BCUT2D eigenvalue weighted by Gasteiger charge is 2.27. The Morgan fingerprint density at radius 3 is 2.08 bits per heavy atom. The van der Waals surface area contributed by atoms with Gasteiger partial charge in [0.05, 0.1) is 12.9 Å². The second kappa shape index (κ2) is 4.69. The van der Waals surface area contributed by atoms with Crippen LogP contribution < -0.4 is 0 Å². The monoisotopic (exact) mass is 184 g/mol. The second-order valence-corrected chi connectivity index (χ2v) is 5.34. The van der Waals surface area contributed by atoms with E-state index in [-0.39, 0.29) is 5.41 Å². The minimum absolute atomic E-state index is 0.244. The molecule has 0 saturated heterocycles. The first-order valence-corrected chi connectivity index (χ1v) is 5.05. The maximum atomic E-state index is 5.25. The summed E-state index contributed by atoms with van der Waals surface area (Å²) in [4.78, 5) is 0. The first kappa shape index (κ1) is 12.5. The third-order valence-corrected chi connectivity index (χ3v) is 2.51. The van der Waals surface area contributed by atoms with Gasteiger partial charge in [0.25, 0.3) is 0 Å². The predicted octanol–water partition coefficient (Wildman–Crippen LogP) is 4.00. The van der Waals surface area contributed by atoms with Gasteiger partial charge in [0.2, 0.25) is 0 Å². The highest BCUT2D eigenvalue weighted by molar-refractivity contribution is 4.78. The molecule has 0 unspecified atom stereocenters. The van der Waals surface area contributed by atoms with E-state index in [1.165, 1.54) is 19.1 Å². The molecular formula is C12H24O. The molecule has 0 aromatic carbocycles. The number of hydrogen-bond donors (Lipinski definition) is 0. The van der Waals surface area contributed by atoms with Gasteiger partial charge in [-0.25, -0.2) is 0 Å². The van der Waals surface area contributed by atoms with E-state index in [2.05, 4.69) is 41.2 Å². The molecule has 0 radical (unpaired) electrons. The minimum atomic E-state index is 0.244. The Hall–Kier alpha value is -0.460. The van der Waals surface area contributed by atoms with Crippen molar-refractivity contribution in [3.63, 3.8) is 0 Å². The summed E-state index contributed by atoms with van der Waals surface area (Å²) in [6.45, 7) is 15.7. The minimum Gasteiger partial charge on any atom is -0.501 e. The molecule has 1 heteroatoms. The van der Waals surface area contributed by atoms with Gasteiger partial charge in [0.1, 0.15) is 0 Å². The van der Waals surface area contributed by atoms with Crippen LogP contribution in [-0.2, 0) is 4.74 Å². The molecule has 0 heterocycles. The van der Waals surface area contributed by atoms with Gasteiger partial charge in [-0.2, -0.15) is 0 Å². The normalized spacial score (nSPS) is 12.7. The van der Waals surface area contributed by atoms with E-state index in [1.807, 2.05) is 0 Å². The molecule has 0 aliphatic rings. The van der Waals surface area contributed by atoms with Crippen molar-refractivity contribution in [2.75, 3.05) is 6.61 Å². The topological polar surface area (TPSA) is 9.23 Å². The van der Waals surface area contributed by atoms with Crippen molar-refractivity contribution >= 4 is 0 Å². The Morgan fingerprint density at radius 1 is 1.15 bits per heavy atom. The molecule has 13 heavy (non-hydrogen) atoms. The van der Waals surface area contributed by atoms with E-state index < -0.39 is 0 Å². The summed E-state index contributed by atoms with van der Waals surface area (Å²) in [5.41, 5.74) is 0.654. The van der Waals surface area contributed by atoms with Crippen LogP contribution in [0.2, 0.25) is 0 Å². The van der Waals surface area contributed by atoms with E-state index in [4.69, 9.17) is 4.74 Å². The Balaban J connectivity index is 4.07. The zero-order chi connectivity index (χ0) is 10.5. The molecule has 0 fully saturated rings. The third kappa shape index (κ3) is 5.73. The summed E-state index contributed by atoms with van der Waals surface area (Å²) in [5.74, 6) is 0. The third-order valence-electron chi connectivity index (χ3n) is 2.51. The highest BCUT2D eigenvalue weighted by Crippen LogP contribution is 2.35. The van der Waals surface area contributed by atoms with Gasteiger partial charge in [0, 0.05) is 0 Å². The summed E-state index contributed by atoms with van der Waals surface area (Å²) < 4.78 is 5.25. The zero-order valence-corrected chi connectivity index (χ0v) is 9.81. The fraction of sp³-hybridized carbons (Fsp3) is 0.833. The Labute approximate surface area is 83.2 Å². The van der Waals surface area contributed by atoms with Crippen molar-refractivity contribution in [3.8, 4) is 0 Å². The summed E-state index contributed by atoms with van der Waals surface area (Å²) in [5, 5.41) is 0. The molecule has 0 spiro atoms. The van der Waals surface area contributed by atoms with Crippen LogP contribution in [0.15, 0.2) is 12.8 Å². The van der Waals surface area contributed by atoms with Gasteiger partial charge in [-0.15, -0.1) is 0 Å². The fourth-order valence-corrected chi connectivity index (χ4v) is 1.76. The van der Waals surface area contributed by atoms with Crippen LogP contribution >= 0.6 is 0 Å². The van der Waals surface area contributed by atoms with Gasteiger partial charge in [0.15, 0.2) is 0 Å². The molecule has 78 valence electrons. The van der Waals surface area contributed by atoms with Gasteiger partial charge in [-0.3, -0.25) is 0 Å². The highest BCUT2D eigenvalue weighted by atomic mass is 16.5. The van der Waals surface area contributed by atoms with Crippen LogP contribution in [0.5, 0.6) is 0 Å². The SMILES string of the molecule is C=COCC(C)(C)CC(C)(C)CC. The summed E-state index contributed by atoms with van der Waals surface area (Å²) in [6, 6.07) is 0. The first-order chi connectivity index (χ1) is 5.83. The lowest BCUT2D eigenvalue weighted by atomic mass is 9.74.